The summed E-state index contributed by atoms with van der Waals surface area (Å²) in [4.78, 5) is 18.0. The first kappa shape index (κ1) is 16.9. The van der Waals surface area contributed by atoms with Crippen LogP contribution in [0.25, 0.3) is 33.3 Å². The first-order valence-corrected chi connectivity index (χ1v) is 9.45. The average Bonchev–Trinajstić information content (AvgIpc) is 3.07. The van der Waals surface area contributed by atoms with Crippen molar-refractivity contribution >= 4 is 21.8 Å². The second-order valence-corrected chi connectivity index (χ2v) is 6.95. The third-order valence-electron chi connectivity index (χ3n) is 5.63. The van der Waals surface area contributed by atoms with Crippen LogP contribution in [-0.4, -0.2) is 28.3 Å². The average molecular weight is 375 g/mol. The molecule has 3 heterocycles. The van der Waals surface area contributed by atoms with Crippen LogP contribution in [0.1, 0.15) is 12.5 Å². The molecule has 0 bridgehead atoms. The summed E-state index contributed by atoms with van der Waals surface area (Å²) in [5.74, 6) is 2.26. The molecule has 0 radical (unpaired) electrons. The van der Waals surface area contributed by atoms with Gasteiger partial charge in [-0.1, -0.05) is 12.1 Å². The van der Waals surface area contributed by atoms with Gasteiger partial charge in [0.05, 0.1) is 36.3 Å². The van der Waals surface area contributed by atoms with Gasteiger partial charge in [-0.25, -0.2) is 4.98 Å². The zero-order valence-electron chi connectivity index (χ0n) is 16.2. The fraction of sp³-hybridized carbons (Fsp3) is 0.273. The molecule has 0 fully saturated rings. The van der Waals surface area contributed by atoms with E-state index in [-0.39, 0.29) is 5.56 Å². The summed E-state index contributed by atoms with van der Waals surface area (Å²) in [6.07, 6.45) is 0.758. The normalized spacial score (nSPS) is 12.8. The van der Waals surface area contributed by atoms with E-state index >= 15 is 0 Å². The number of rotatable bonds is 3. The number of para-hydroxylation sites is 1. The van der Waals surface area contributed by atoms with Crippen molar-refractivity contribution in [3.63, 3.8) is 0 Å². The summed E-state index contributed by atoms with van der Waals surface area (Å²) >= 11 is 0. The number of aromatic nitrogens is 3. The number of hydrogen-bond acceptors (Lipinski definition) is 4. The highest BCUT2D eigenvalue weighted by molar-refractivity contribution is 5.97. The molecular formula is C22H21N3O3. The van der Waals surface area contributed by atoms with Gasteiger partial charge in [0.15, 0.2) is 5.82 Å². The second-order valence-electron chi connectivity index (χ2n) is 6.95. The van der Waals surface area contributed by atoms with Crippen LogP contribution >= 0.6 is 0 Å². The number of benzene rings is 2. The van der Waals surface area contributed by atoms with Gasteiger partial charge in [0.1, 0.15) is 11.5 Å². The minimum Gasteiger partial charge on any atom is -0.497 e. The maximum atomic E-state index is 13.1. The quantitative estimate of drug-likeness (QED) is 0.549. The minimum atomic E-state index is 0.0173. The number of aryl methyl sites for hydroxylation is 2. The van der Waals surface area contributed by atoms with Gasteiger partial charge < -0.3 is 14.0 Å². The van der Waals surface area contributed by atoms with Gasteiger partial charge in [0.25, 0.3) is 5.56 Å². The first-order chi connectivity index (χ1) is 13.7. The van der Waals surface area contributed by atoms with Gasteiger partial charge in [-0.3, -0.25) is 9.36 Å². The summed E-state index contributed by atoms with van der Waals surface area (Å²) < 4.78 is 15.2. The fourth-order valence-corrected chi connectivity index (χ4v) is 4.38. The van der Waals surface area contributed by atoms with E-state index < -0.39 is 0 Å². The topological polar surface area (TPSA) is 58.3 Å². The third-order valence-corrected chi connectivity index (χ3v) is 5.63. The van der Waals surface area contributed by atoms with Crippen LogP contribution in [0.15, 0.2) is 41.2 Å². The lowest BCUT2D eigenvalue weighted by molar-refractivity contribution is 0.397. The summed E-state index contributed by atoms with van der Waals surface area (Å²) in [7, 11) is 3.33. The van der Waals surface area contributed by atoms with E-state index in [9.17, 15) is 4.79 Å². The molecule has 142 valence electrons. The molecule has 1 aliphatic heterocycles. The standard InChI is InChI=1S/C22H21N3O3/c1-4-24-17-11-13(27-2)12-18(28-3)19(17)15-9-10-25-21(20(15)24)23-16-8-6-5-7-14(16)22(25)26/h5-8,11-12H,4,9-10H2,1-3H3. The molecule has 2 aromatic carbocycles. The molecule has 2 aromatic heterocycles. The van der Waals surface area contributed by atoms with Crippen molar-refractivity contribution in [3.8, 4) is 23.0 Å². The lowest BCUT2D eigenvalue weighted by atomic mass is 10.0. The molecule has 0 spiro atoms. The van der Waals surface area contributed by atoms with E-state index in [4.69, 9.17) is 14.5 Å². The summed E-state index contributed by atoms with van der Waals surface area (Å²) in [5.41, 5.74) is 3.96. The van der Waals surface area contributed by atoms with Crippen LogP contribution in [0.5, 0.6) is 11.5 Å². The van der Waals surface area contributed by atoms with E-state index in [2.05, 4.69) is 11.5 Å². The van der Waals surface area contributed by atoms with E-state index in [1.54, 1.807) is 18.8 Å². The zero-order valence-corrected chi connectivity index (χ0v) is 16.2. The molecule has 0 unspecified atom stereocenters. The highest BCUT2D eigenvalue weighted by Crippen LogP contribution is 2.42. The van der Waals surface area contributed by atoms with Gasteiger partial charge in [-0.2, -0.15) is 0 Å². The predicted molar refractivity (Wildman–Crippen MR) is 109 cm³/mol. The molecule has 0 atom stereocenters. The Morgan fingerprint density at radius 2 is 1.96 bits per heavy atom. The summed E-state index contributed by atoms with van der Waals surface area (Å²) in [6, 6.07) is 11.5. The van der Waals surface area contributed by atoms with Crippen molar-refractivity contribution in [1.82, 2.24) is 14.1 Å². The third kappa shape index (κ3) is 2.14. The van der Waals surface area contributed by atoms with Crippen LogP contribution < -0.4 is 15.0 Å². The Balaban J connectivity index is 1.94. The molecule has 0 N–H and O–H groups in total. The number of hydrogen-bond donors (Lipinski definition) is 0. The summed E-state index contributed by atoms with van der Waals surface area (Å²) in [6.45, 7) is 3.46. The Morgan fingerprint density at radius 3 is 2.71 bits per heavy atom. The molecule has 0 amide bonds. The van der Waals surface area contributed by atoms with Gasteiger partial charge >= 0.3 is 0 Å². The van der Waals surface area contributed by atoms with Crippen LogP contribution in [0.4, 0.5) is 0 Å². The number of nitrogens with zero attached hydrogens (tertiary/aromatic N) is 3. The van der Waals surface area contributed by atoms with E-state index in [0.29, 0.717) is 11.9 Å². The zero-order chi connectivity index (χ0) is 19.4. The van der Waals surface area contributed by atoms with E-state index in [1.165, 1.54) is 5.56 Å². The van der Waals surface area contributed by atoms with Gasteiger partial charge in [0.2, 0.25) is 0 Å². The molecular weight excluding hydrogens is 354 g/mol. The largest absolute Gasteiger partial charge is 0.497 e. The lowest BCUT2D eigenvalue weighted by Gasteiger charge is -2.21. The van der Waals surface area contributed by atoms with Gasteiger partial charge in [-0.15, -0.1) is 0 Å². The van der Waals surface area contributed by atoms with Crippen LogP contribution in [0.2, 0.25) is 0 Å². The number of methoxy groups -OCH3 is 2. The maximum Gasteiger partial charge on any atom is 0.261 e. The number of fused-ring (bicyclic) bond motifs is 6. The smallest absolute Gasteiger partial charge is 0.261 e. The first-order valence-electron chi connectivity index (χ1n) is 9.45. The van der Waals surface area contributed by atoms with Crippen molar-refractivity contribution in [1.29, 1.82) is 0 Å². The molecule has 6 nitrogen and oxygen atoms in total. The summed E-state index contributed by atoms with van der Waals surface area (Å²) in [5, 5.41) is 1.74. The molecule has 0 saturated heterocycles. The van der Waals surface area contributed by atoms with Crippen molar-refractivity contribution in [2.24, 2.45) is 0 Å². The molecule has 6 heteroatoms. The van der Waals surface area contributed by atoms with Crippen molar-refractivity contribution in [2.75, 3.05) is 14.2 Å². The maximum absolute atomic E-state index is 13.1. The minimum absolute atomic E-state index is 0.0173. The molecule has 4 aromatic rings. The van der Waals surface area contributed by atoms with E-state index in [0.717, 1.165) is 52.4 Å². The Bertz CT molecular complexity index is 1300. The SMILES string of the molecule is CCn1c2c(c3c(OC)cc(OC)cc31)CCn1c-2nc2ccccc2c1=O. The Labute approximate surface area is 161 Å². The van der Waals surface area contributed by atoms with Crippen LogP contribution in [-0.2, 0) is 19.5 Å². The molecule has 1 aliphatic rings. The monoisotopic (exact) mass is 375 g/mol. The Morgan fingerprint density at radius 1 is 1.14 bits per heavy atom. The van der Waals surface area contributed by atoms with Crippen molar-refractivity contribution in [3.05, 3.63) is 52.3 Å². The molecule has 0 aliphatic carbocycles. The van der Waals surface area contributed by atoms with Crippen LogP contribution in [0, 0.1) is 0 Å². The molecule has 0 saturated carbocycles. The van der Waals surface area contributed by atoms with E-state index in [1.807, 2.05) is 36.4 Å². The number of ether oxygens (including phenoxy) is 2. The van der Waals surface area contributed by atoms with Gasteiger partial charge in [0, 0.05) is 30.6 Å². The van der Waals surface area contributed by atoms with Crippen LogP contribution in [0.3, 0.4) is 0 Å². The highest BCUT2D eigenvalue weighted by Gasteiger charge is 2.28. The lowest BCUT2D eigenvalue weighted by Crippen LogP contribution is -2.28. The Hall–Kier alpha value is -3.28. The Kier molecular flexibility index (Phi) is 3.69. The molecule has 5 rings (SSSR count). The van der Waals surface area contributed by atoms with Crippen molar-refractivity contribution in [2.45, 2.75) is 26.4 Å². The highest BCUT2D eigenvalue weighted by atomic mass is 16.5. The van der Waals surface area contributed by atoms with Gasteiger partial charge in [-0.05, 0) is 31.0 Å². The van der Waals surface area contributed by atoms with Crippen molar-refractivity contribution < 1.29 is 9.47 Å². The predicted octanol–water partition coefficient (Wildman–Crippen LogP) is 3.61. The molecule has 28 heavy (non-hydrogen) atoms. The second kappa shape index (κ2) is 6.12. The fourth-order valence-electron chi connectivity index (χ4n) is 4.38.